The number of benzene rings is 2. The highest BCUT2D eigenvalue weighted by atomic mass is 32.2. The number of hydrogen-bond acceptors (Lipinski definition) is 4. The summed E-state index contributed by atoms with van der Waals surface area (Å²) in [6, 6.07) is 12.5. The molecule has 1 atom stereocenters. The summed E-state index contributed by atoms with van der Waals surface area (Å²) >= 11 is 0. The highest BCUT2D eigenvalue weighted by Gasteiger charge is 2.30. The zero-order valence-electron chi connectivity index (χ0n) is 14.9. The summed E-state index contributed by atoms with van der Waals surface area (Å²) in [5.74, 6) is -0.0652. The molecule has 136 valence electrons. The van der Waals surface area contributed by atoms with Gasteiger partial charge < -0.3 is 5.32 Å². The second-order valence-corrected chi connectivity index (χ2v) is 8.07. The van der Waals surface area contributed by atoms with Gasteiger partial charge in [0.1, 0.15) is 12.4 Å². The number of rotatable bonds is 4. The molecular weight excluding hydrogens is 350 g/mol. The first-order valence-electron chi connectivity index (χ1n) is 8.31. The minimum Gasteiger partial charge on any atom is -0.348 e. The maximum atomic E-state index is 12.3. The lowest BCUT2D eigenvalue weighted by molar-refractivity contribution is -0.120. The molecule has 1 aliphatic rings. The molecule has 0 aromatic heterocycles. The first-order valence-corrected chi connectivity index (χ1v) is 9.79. The molecule has 0 saturated heterocycles. The maximum Gasteiger partial charge on any atom is 0.263 e. The third kappa shape index (κ3) is 3.62. The molecule has 0 unspecified atom stereocenters. The topological polar surface area (TPSA) is 87.6 Å². The van der Waals surface area contributed by atoms with E-state index in [-0.39, 0.29) is 29.2 Å². The van der Waals surface area contributed by atoms with Crippen molar-refractivity contribution in [3.8, 4) is 0 Å². The van der Waals surface area contributed by atoms with E-state index in [9.17, 15) is 13.2 Å². The van der Waals surface area contributed by atoms with Crippen molar-refractivity contribution in [2.24, 2.45) is 4.99 Å². The lowest BCUT2D eigenvalue weighted by atomic mass is 10.00. The van der Waals surface area contributed by atoms with Gasteiger partial charge in [0, 0.05) is 5.56 Å². The number of carbonyl (C=O) groups excluding carboxylic acids is 1. The largest absolute Gasteiger partial charge is 0.348 e. The van der Waals surface area contributed by atoms with Gasteiger partial charge in [-0.1, -0.05) is 35.9 Å². The van der Waals surface area contributed by atoms with Crippen molar-refractivity contribution < 1.29 is 13.2 Å². The third-order valence-corrected chi connectivity index (χ3v) is 5.72. The van der Waals surface area contributed by atoms with Crippen LogP contribution in [-0.2, 0) is 14.8 Å². The second kappa shape index (κ2) is 6.92. The Morgan fingerprint density at radius 3 is 2.69 bits per heavy atom. The number of nitrogens with one attached hydrogen (secondary N) is 2. The summed E-state index contributed by atoms with van der Waals surface area (Å²) in [5.41, 5.74) is 3.77. The minimum absolute atomic E-state index is 0.151. The Balaban J connectivity index is 1.72. The van der Waals surface area contributed by atoms with Gasteiger partial charge in [-0.25, -0.2) is 8.42 Å². The van der Waals surface area contributed by atoms with E-state index in [0.717, 1.165) is 16.7 Å². The van der Waals surface area contributed by atoms with Gasteiger partial charge in [0.2, 0.25) is 5.91 Å². The van der Waals surface area contributed by atoms with Crippen LogP contribution in [0.2, 0.25) is 0 Å². The summed E-state index contributed by atoms with van der Waals surface area (Å²) < 4.78 is 26.5. The van der Waals surface area contributed by atoms with Crippen LogP contribution in [0.15, 0.2) is 52.4 Å². The summed E-state index contributed by atoms with van der Waals surface area (Å²) in [7, 11) is -3.59. The highest BCUT2D eigenvalue weighted by Crippen LogP contribution is 2.22. The first kappa shape index (κ1) is 18.1. The summed E-state index contributed by atoms with van der Waals surface area (Å²) in [4.78, 5) is 16.6. The normalized spacial score (nSPS) is 17.4. The number of nitrogens with zero attached hydrogens (tertiary/aromatic N) is 1. The Morgan fingerprint density at radius 2 is 1.92 bits per heavy atom. The van der Waals surface area contributed by atoms with Crippen molar-refractivity contribution in [3.05, 3.63) is 64.7 Å². The van der Waals surface area contributed by atoms with Gasteiger partial charge in [0.05, 0.1) is 10.9 Å². The molecule has 26 heavy (non-hydrogen) atoms. The summed E-state index contributed by atoms with van der Waals surface area (Å²) in [6.45, 7) is 5.77. The number of amides is 1. The second-order valence-electron chi connectivity index (χ2n) is 6.42. The SMILES string of the molecule is Cc1ccc(C)c([C@H](C)NC(=O)CN=C2NS(=O)(=O)c3ccccc32)c1. The van der Waals surface area contributed by atoms with E-state index < -0.39 is 10.0 Å². The molecule has 1 amide bonds. The number of carbonyl (C=O) groups is 1. The van der Waals surface area contributed by atoms with Crippen LogP contribution in [0.3, 0.4) is 0 Å². The fourth-order valence-corrected chi connectivity index (χ4v) is 4.24. The van der Waals surface area contributed by atoms with Crippen LogP contribution >= 0.6 is 0 Å². The summed E-state index contributed by atoms with van der Waals surface area (Å²) in [5, 5.41) is 2.91. The predicted molar refractivity (Wildman–Crippen MR) is 101 cm³/mol. The number of aliphatic imine (C=N–C) groups is 1. The first-order chi connectivity index (χ1) is 12.3. The van der Waals surface area contributed by atoms with E-state index in [2.05, 4.69) is 15.0 Å². The van der Waals surface area contributed by atoms with E-state index in [0.29, 0.717) is 5.56 Å². The Hall–Kier alpha value is -2.67. The van der Waals surface area contributed by atoms with Crippen LogP contribution < -0.4 is 10.0 Å². The van der Waals surface area contributed by atoms with Crippen molar-refractivity contribution in [2.75, 3.05) is 6.54 Å². The fourth-order valence-electron chi connectivity index (χ4n) is 2.99. The molecule has 0 fully saturated rings. The van der Waals surface area contributed by atoms with Crippen LogP contribution in [0, 0.1) is 13.8 Å². The monoisotopic (exact) mass is 371 g/mol. The van der Waals surface area contributed by atoms with E-state index in [1.54, 1.807) is 18.2 Å². The van der Waals surface area contributed by atoms with Crippen LogP contribution in [0.5, 0.6) is 0 Å². The number of fused-ring (bicyclic) bond motifs is 1. The van der Waals surface area contributed by atoms with E-state index in [4.69, 9.17) is 0 Å². The molecule has 0 saturated carbocycles. The van der Waals surface area contributed by atoms with Gasteiger partial charge in [0.15, 0.2) is 0 Å². The predicted octanol–water partition coefficient (Wildman–Crippen LogP) is 2.22. The van der Waals surface area contributed by atoms with E-state index in [1.165, 1.54) is 6.07 Å². The lowest BCUT2D eigenvalue weighted by Crippen LogP contribution is -2.30. The van der Waals surface area contributed by atoms with E-state index >= 15 is 0 Å². The lowest BCUT2D eigenvalue weighted by Gasteiger charge is -2.17. The third-order valence-electron chi connectivity index (χ3n) is 4.32. The molecule has 0 aliphatic carbocycles. The molecular formula is C19H21N3O3S. The van der Waals surface area contributed by atoms with Crippen molar-refractivity contribution in [1.29, 1.82) is 0 Å². The van der Waals surface area contributed by atoms with Gasteiger partial charge in [-0.15, -0.1) is 0 Å². The molecule has 0 radical (unpaired) electrons. The Morgan fingerprint density at radius 1 is 1.19 bits per heavy atom. The van der Waals surface area contributed by atoms with Gasteiger partial charge in [0.25, 0.3) is 10.0 Å². The molecule has 7 heteroatoms. The van der Waals surface area contributed by atoms with Crippen LogP contribution in [-0.4, -0.2) is 26.7 Å². The smallest absolute Gasteiger partial charge is 0.263 e. The zero-order valence-corrected chi connectivity index (χ0v) is 15.7. The van der Waals surface area contributed by atoms with Gasteiger partial charge in [-0.3, -0.25) is 14.5 Å². The van der Waals surface area contributed by atoms with E-state index in [1.807, 2.05) is 39.0 Å². The highest BCUT2D eigenvalue weighted by molar-refractivity contribution is 7.90. The number of sulfonamides is 1. The summed E-state index contributed by atoms with van der Waals surface area (Å²) in [6.07, 6.45) is 0. The maximum absolute atomic E-state index is 12.3. The Kier molecular flexibility index (Phi) is 4.82. The average molecular weight is 371 g/mol. The molecule has 1 heterocycles. The molecule has 0 bridgehead atoms. The molecule has 2 aromatic rings. The van der Waals surface area contributed by atoms with Gasteiger partial charge in [-0.05, 0) is 44.0 Å². The zero-order chi connectivity index (χ0) is 18.9. The van der Waals surface area contributed by atoms with Gasteiger partial charge in [-0.2, -0.15) is 0 Å². The quantitative estimate of drug-likeness (QED) is 0.864. The van der Waals surface area contributed by atoms with Crippen molar-refractivity contribution in [2.45, 2.75) is 31.7 Å². The molecule has 6 nitrogen and oxygen atoms in total. The number of aryl methyl sites for hydroxylation is 2. The van der Waals surface area contributed by atoms with Crippen molar-refractivity contribution >= 4 is 21.8 Å². The van der Waals surface area contributed by atoms with Crippen LogP contribution in [0.4, 0.5) is 0 Å². The van der Waals surface area contributed by atoms with Crippen molar-refractivity contribution in [1.82, 2.24) is 10.0 Å². The molecule has 2 N–H and O–H groups in total. The molecule has 3 rings (SSSR count). The van der Waals surface area contributed by atoms with Crippen molar-refractivity contribution in [3.63, 3.8) is 0 Å². The number of amidine groups is 1. The van der Waals surface area contributed by atoms with Gasteiger partial charge >= 0.3 is 0 Å². The molecule has 0 spiro atoms. The minimum atomic E-state index is -3.59. The standard InChI is InChI=1S/C19H21N3O3S/c1-12-8-9-13(2)16(10-12)14(3)21-18(23)11-20-19-15-6-4-5-7-17(15)26(24,25)22-19/h4-10,14H,11H2,1-3H3,(H,20,22)(H,21,23)/t14-/m0/s1. The molecule has 1 aliphatic heterocycles. The Labute approximate surface area is 153 Å². The fraction of sp³-hybridized carbons (Fsp3) is 0.263. The van der Waals surface area contributed by atoms with Crippen LogP contribution in [0.1, 0.15) is 35.2 Å². The average Bonchev–Trinajstić information content (AvgIpc) is 2.86. The van der Waals surface area contributed by atoms with Crippen LogP contribution in [0.25, 0.3) is 0 Å². The Bertz CT molecular complexity index is 997. The molecule has 2 aromatic carbocycles. The number of hydrogen-bond donors (Lipinski definition) is 2.